The number of carboxylic acid groups (broad SMARTS) is 1. The standard InChI is InChI=1S/C12H10F3N3O2S/c1-7-5-18(11(17-7)21-6-10(19)20)8-2-3-9(16-4-8)12(13,14)15/h2-5H,6H2,1H3,(H,19,20). The van der Waals surface area contributed by atoms with Crippen LogP contribution in [0.1, 0.15) is 11.4 Å². The Hall–Kier alpha value is -2.03. The number of carbonyl (C=O) groups is 1. The number of nitrogens with zero attached hydrogens (tertiary/aromatic N) is 3. The number of halogens is 3. The highest BCUT2D eigenvalue weighted by molar-refractivity contribution is 7.99. The van der Waals surface area contributed by atoms with Gasteiger partial charge in [0, 0.05) is 6.20 Å². The summed E-state index contributed by atoms with van der Waals surface area (Å²) in [4.78, 5) is 18.1. The smallest absolute Gasteiger partial charge is 0.433 e. The molecule has 0 aliphatic heterocycles. The number of alkyl halides is 3. The second-order valence-corrected chi connectivity index (χ2v) is 5.06. The van der Waals surface area contributed by atoms with E-state index in [1.54, 1.807) is 13.1 Å². The van der Waals surface area contributed by atoms with E-state index in [9.17, 15) is 18.0 Å². The highest BCUT2D eigenvalue weighted by Crippen LogP contribution is 2.28. The molecule has 0 unspecified atom stereocenters. The lowest BCUT2D eigenvalue weighted by atomic mass is 10.3. The number of carboxylic acids is 1. The van der Waals surface area contributed by atoms with E-state index < -0.39 is 17.8 Å². The van der Waals surface area contributed by atoms with E-state index in [0.29, 0.717) is 16.5 Å². The summed E-state index contributed by atoms with van der Waals surface area (Å²) in [6.45, 7) is 1.71. The Morgan fingerprint density at radius 3 is 2.67 bits per heavy atom. The van der Waals surface area contributed by atoms with Crippen LogP contribution in [0.2, 0.25) is 0 Å². The predicted octanol–water partition coefficient (Wildman–Crippen LogP) is 2.77. The first-order chi connectivity index (χ1) is 9.77. The number of pyridine rings is 1. The zero-order valence-corrected chi connectivity index (χ0v) is 11.6. The van der Waals surface area contributed by atoms with Crippen molar-refractivity contribution in [1.29, 1.82) is 0 Å². The van der Waals surface area contributed by atoms with E-state index >= 15 is 0 Å². The van der Waals surface area contributed by atoms with Crippen molar-refractivity contribution in [3.63, 3.8) is 0 Å². The van der Waals surface area contributed by atoms with Crippen LogP contribution in [0.4, 0.5) is 13.2 Å². The summed E-state index contributed by atoms with van der Waals surface area (Å²) < 4.78 is 38.9. The Kier molecular flexibility index (Phi) is 4.21. The molecule has 21 heavy (non-hydrogen) atoms. The summed E-state index contributed by atoms with van der Waals surface area (Å²) in [5.41, 5.74) is 0.0297. The van der Waals surface area contributed by atoms with Crippen LogP contribution in [0.5, 0.6) is 0 Å². The lowest BCUT2D eigenvalue weighted by Crippen LogP contribution is -2.08. The summed E-state index contributed by atoms with van der Waals surface area (Å²) in [6.07, 6.45) is -1.81. The lowest BCUT2D eigenvalue weighted by Gasteiger charge is -2.09. The number of hydrogen-bond acceptors (Lipinski definition) is 4. The van der Waals surface area contributed by atoms with Gasteiger partial charge in [0.2, 0.25) is 0 Å². The molecule has 2 heterocycles. The Morgan fingerprint density at radius 2 is 2.14 bits per heavy atom. The van der Waals surface area contributed by atoms with Gasteiger partial charge >= 0.3 is 12.1 Å². The molecule has 0 aliphatic rings. The quantitative estimate of drug-likeness (QED) is 0.878. The number of imidazole rings is 1. The normalized spacial score (nSPS) is 11.6. The van der Waals surface area contributed by atoms with Crippen molar-refractivity contribution >= 4 is 17.7 Å². The van der Waals surface area contributed by atoms with Gasteiger partial charge in [0.1, 0.15) is 5.69 Å². The topological polar surface area (TPSA) is 68.0 Å². The van der Waals surface area contributed by atoms with Gasteiger partial charge in [-0.2, -0.15) is 13.2 Å². The fourth-order valence-electron chi connectivity index (χ4n) is 1.58. The number of rotatable bonds is 4. The molecule has 0 fully saturated rings. The van der Waals surface area contributed by atoms with Crippen LogP contribution in [0.25, 0.3) is 5.69 Å². The van der Waals surface area contributed by atoms with Gasteiger partial charge in [-0.15, -0.1) is 0 Å². The highest BCUT2D eigenvalue weighted by atomic mass is 32.2. The number of aromatic nitrogens is 3. The van der Waals surface area contributed by atoms with E-state index in [-0.39, 0.29) is 5.75 Å². The minimum absolute atomic E-state index is 0.190. The molecule has 0 radical (unpaired) electrons. The second kappa shape index (κ2) is 5.76. The molecule has 5 nitrogen and oxygen atoms in total. The molecule has 0 spiro atoms. The first-order valence-electron chi connectivity index (χ1n) is 5.71. The molecule has 0 aliphatic carbocycles. The maximum absolute atomic E-state index is 12.5. The molecule has 0 aromatic carbocycles. The SMILES string of the molecule is Cc1cn(-c2ccc(C(F)(F)F)nc2)c(SCC(=O)O)n1. The van der Waals surface area contributed by atoms with Crippen molar-refractivity contribution in [3.05, 3.63) is 35.9 Å². The molecule has 0 amide bonds. The molecule has 0 atom stereocenters. The van der Waals surface area contributed by atoms with Crippen molar-refractivity contribution in [3.8, 4) is 5.69 Å². The van der Waals surface area contributed by atoms with Crippen molar-refractivity contribution in [1.82, 2.24) is 14.5 Å². The average Bonchev–Trinajstić information content (AvgIpc) is 2.77. The fourth-order valence-corrected chi connectivity index (χ4v) is 2.34. The monoisotopic (exact) mass is 317 g/mol. The van der Waals surface area contributed by atoms with Crippen molar-refractivity contribution < 1.29 is 23.1 Å². The average molecular weight is 317 g/mol. The first kappa shape index (κ1) is 15.4. The van der Waals surface area contributed by atoms with Gasteiger partial charge in [0.15, 0.2) is 5.16 Å². The van der Waals surface area contributed by atoms with E-state index in [0.717, 1.165) is 24.0 Å². The molecule has 2 rings (SSSR count). The van der Waals surface area contributed by atoms with Gasteiger partial charge in [-0.3, -0.25) is 9.36 Å². The Balaban J connectivity index is 2.31. The molecule has 0 bridgehead atoms. The third-order valence-electron chi connectivity index (χ3n) is 2.44. The van der Waals surface area contributed by atoms with Crippen molar-refractivity contribution in [2.45, 2.75) is 18.3 Å². The van der Waals surface area contributed by atoms with Crippen molar-refractivity contribution in [2.24, 2.45) is 0 Å². The van der Waals surface area contributed by atoms with Gasteiger partial charge < -0.3 is 5.11 Å². The van der Waals surface area contributed by atoms with Crippen LogP contribution in [0.15, 0.2) is 29.7 Å². The maximum Gasteiger partial charge on any atom is 0.433 e. The maximum atomic E-state index is 12.5. The van der Waals surface area contributed by atoms with Gasteiger partial charge in [-0.1, -0.05) is 11.8 Å². The van der Waals surface area contributed by atoms with E-state index in [2.05, 4.69) is 9.97 Å². The van der Waals surface area contributed by atoms with Gasteiger partial charge in [0.25, 0.3) is 0 Å². The molecular weight excluding hydrogens is 307 g/mol. The summed E-state index contributed by atoms with van der Waals surface area (Å²) in [5, 5.41) is 9.06. The first-order valence-corrected chi connectivity index (χ1v) is 6.70. The van der Waals surface area contributed by atoms with Crippen LogP contribution in [-0.2, 0) is 11.0 Å². The van der Waals surface area contributed by atoms with Crippen LogP contribution >= 0.6 is 11.8 Å². The summed E-state index contributed by atoms with van der Waals surface area (Å²) in [7, 11) is 0. The van der Waals surface area contributed by atoms with E-state index in [4.69, 9.17) is 5.11 Å². The zero-order valence-electron chi connectivity index (χ0n) is 10.8. The van der Waals surface area contributed by atoms with Gasteiger partial charge in [0.05, 0.1) is 23.3 Å². The van der Waals surface area contributed by atoms with E-state index in [1.165, 1.54) is 10.6 Å². The number of aliphatic carboxylic acids is 1. The third kappa shape index (κ3) is 3.75. The summed E-state index contributed by atoms with van der Waals surface area (Å²) in [6, 6.07) is 2.14. The van der Waals surface area contributed by atoms with Crippen LogP contribution in [-0.4, -0.2) is 31.4 Å². The Bertz CT molecular complexity index is 653. The molecule has 2 aromatic heterocycles. The molecule has 0 saturated carbocycles. The number of thioether (sulfide) groups is 1. The van der Waals surface area contributed by atoms with Crippen molar-refractivity contribution in [2.75, 3.05) is 5.75 Å². The summed E-state index contributed by atoms with van der Waals surface area (Å²) >= 11 is 0.983. The van der Waals surface area contributed by atoms with Crippen LogP contribution in [0.3, 0.4) is 0 Å². The number of aryl methyl sites for hydroxylation is 1. The molecule has 9 heteroatoms. The van der Waals surface area contributed by atoms with Crippen LogP contribution in [0, 0.1) is 6.92 Å². The Morgan fingerprint density at radius 1 is 1.43 bits per heavy atom. The largest absolute Gasteiger partial charge is 0.481 e. The van der Waals surface area contributed by atoms with Gasteiger partial charge in [-0.25, -0.2) is 9.97 Å². The molecule has 2 aromatic rings. The fraction of sp³-hybridized carbons (Fsp3) is 0.250. The molecular formula is C12H10F3N3O2S. The molecule has 1 N–H and O–H groups in total. The number of hydrogen-bond donors (Lipinski definition) is 1. The Labute approximate surface area is 121 Å². The predicted molar refractivity (Wildman–Crippen MR) is 69.5 cm³/mol. The lowest BCUT2D eigenvalue weighted by molar-refractivity contribution is -0.141. The molecule has 112 valence electrons. The minimum atomic E-state index is -4.50. The zero-order chi connectivity index (χ0) is 15.6. The highest BCUT2D eigenvalue weighted by Gasteiger charge is 2.32. The van der Waals surface area contributed by atoms with Gasteiger partial charge in [-0.05, 0) is 19.1 Å². The summed E-state index contributed by atoms with van der Waals surface area (Å²) in [5.74, 6) is -1.19. The third-order valence-corrected chi connectivity index (χ3v) is 3.37. The van der Waals surface area contributed by atoms with Crippen LogP contribution < -0.4 is 0 Å². The second-order valence-electron chi connectivity index (χ2n) is 4.12. The minimum Gasteiger partial charge on any atom is -0.481 e. The molecule has 0 saturated heterocycles. The van der Waals surface area contributed by atoms with E-state index in [1.807, 2.05) is 0 Å².